The van der Waals surface area contributed by atoms with Crippen LogP contribution in [0.3, 0.4) is 0 Å². The topological polar surface area (TPSA) is 83.5 Å². The molecule has 0 spiro atoms. The maximum Gasteiger partial charge on any atom is 0.186 e. The van der Waals surface area contributed by atoms with Crippen LogP contribution in [-0.4, -0.2) is 55.3 Å². The van der Waals surface area contributed by atoms with Crippen LogP contribution in [0.15, 0.2) is 91.0 Å². The number of carbonyl (C=O) groups is 1. The largest absolute Gasteiger partial charge is 0.385 e. The lowest BCUT2D eigenvalue weighted by molar-refractivity contribution is -0.319. The Kier molecular flexibility index (Phi) is 20.0. The average Bonchev–Trinajstić information content (AvgIpc) is 3.15. The summed E-state index contributed by atoms with van der Waals surface area (Å²) < 4.78 is 31.7. The predicted octanol–water partition coefficient (Wildman–Crippen LogP) is 9.14. The minimum absolute atomic E-state index is 0.271. The first-order valence-corrected chi connectivity index (χ1v) is 19.1. The van der Waals surface area contributed by atoms with Gasteiger partial charge in [-0.05, 0) is 29.5 Å². The van der Waals surface area contributed by atoms with Crippen molar-refractivity contribution in [2.75, 3.05) is 13.2 Å². The molecule has 0 saturated carbocycles. The fourth-order valence-electron chi connectivity index (χ4n) is 6.43. The van der Waals surface area contributed by atoms with Crippen molar-refractivity contribution in [2.45, 2.75) is 140 Å². The summed E-state index contributed by atoms with van der Waals surface area (Å²) in [6.45, 7) is 1.91. The van der Waals surface area contributed by atoms with E-state index in [1.807, 2.05) is 91.0 Å². The van der Waals surface area contributed by atoms with Crippen molar-refractivity contribution in [1.82, 2.24) is 0 Å². The van der Waals surface area contributed by atoms with E-state index >= 15 is 0 Å². The molecule has 4 rings (SSSR count). The highest BCUT2D eigenvalue weighted by molar-refractivity contribution is 5.48. The fourth-order valence-corrected chi connectivity index (χ4v) is 6.43. The molecular formula is C43H60O7. The summed E-state index contributed by atoms with van der Waals surface area (Å²) in [6, 6.07) is 30.1. The Morgan fingerprint density at radius 3 is 1.48 bits per heavy atom. The molecule has 5 atom stereocenters. The van der Waals surface area contributed by atoms with E-state index in [1.165, 1.54) is 64.2 Å². The highest BCUT2D eigenvalue weighted by Gasteiger charge is 2.47. The molecule has 0 amide bonds. The normalized spacial score (nSPS) is 20.5. The zero-order valence-electron chi connectivity index (χ0n) is 30.0. The number of hydrogen-bond donors (Lipinski definition) is 1. The lowest BCUT2D eigenvalue weighted by Crippen LogP contribution is -2.61. The third kappa shape index (κ3) is 15.5. The number of aliphatic hydroxyl groups excluding tert-OH is 1. The van der Waals surface area contributed by atoms with Gasteiger partial charge in [0, 0.05) is 13.0 Å². The molecule has 3 aromatic rings. The summed E-state index contributed by atoms with van der Waals surface area (Å²) in [5, 5.41) is 11.6. The van der Waals surface area contributed by atoms with Crippen LogP contribution in [0.1, 0.15) is 107 Å². The van der Waals surface area contributed by atoms with E-state index < -0.39 is 30.7 Å². The quantitative estimate of drug-likeness (QED) is 0.0632. The van der Waals surface area contributed by atoms with Gasteiger partial charge in [-0.2, -0.15) is 0 Å². The molecule has 7 nitrogen and oxygen atoms in total. The van der Waals surface area contributed by atoms with Gasteiger partial charge in [-0.15, -0.1) is 0 Å². The summed E-state index contributed by atoms with van der Waals surface area (Å²) in [6.07, 6.45) is 13.8. The number of benzene rings is 3. The SMILES string of the molecule is O=CCCCCCCCCCCCCCCCO[C@@H]1OC(COCc2ccccc2)[C@@H](OCc2ccccc2)C(OCc2ccccc2)C1O. The molecule has 1 fully saturated rings. The molecule has 1 heterocycles. The van der Waals surface area contributed by atoms with Gasteiger partial charge in [0.05, 0.1) is 26.4 Å². The van der Waals surface area contributed by atoms with Crippen LogP contribution in [-0.2, 0) is 48.3 Å². The molecule has 7 heteroatoms. The number of aldehydes is 1. The lowest BCUT2D eigenvalue weighted by atomic mass is 9.98. The molecule has 1 aliphatic heterocycles. The van der Waals surface area contributed by atoms with Gasteiger partial charge >= 0.3 is 0 Å². The van der Waals surface area contributed by atoms with Crippen molar-refractivity contribution >= 4 is 6.29 Å². The van der Waals surface area contributed by atoms with Crippen molar-refractivity contribution in [2.24, 2.45) is 0 Å². The first kappa shape index (κ1) is 39.9. The van der Waals surface area contributed by atoms with E-state index in [1.54, 1.807) is 0 Å². The van der Waals surface area contributed by atoms with Gasteiger partial charge in [-0.25, -0.2) is 0 Å². The van der Waals surface area contributed by atoms with Crippen LogP contribution in [0.25, 0.3) is 0 Å². The summed E-state index contributed by atoms with van der Waals surface area (Å²) in [4.78, 5) is 10.4. The Morgan fingerprint density at radius 2 is 0.980 bits per heavy atom. The van der Waals surface area contributed by atoms with Crippen molar-refractivity contribution in [3.63, 3.8) is 0 Å². The first-order chi connectivity index (χ1) is 24.7. The van der Waals surface area contributed by atoms with E-state index in [4.69, 9.17) is 23.7 Å². The molecule has 3 aromatic carbocycles. The maximum atomic E-state index is 11.6. The van der Waals surface area contributed by atoms with Crippen molar-refractivity contribution in [3.05, 3.63) is 108 Å². The predicted molar refractivity (Wildman–Crippen MR) is 197 cm³/mol. The van der Waals surface area contributed by atoms with Crippen LogP contribution in [0.4, 0.5) is 0 Å². The molecule has 274 valence electrons. The number of ether oxygens (including phenoxy) is 5. The Morgan fingerprint density at radius 1 is 0.540 bits per heavy atom. The van der Waals surface area contributed by atoms with Crippen LogP contribution in [0.2, 0.25) is 0 Å². The van der Waals surface area contributed by atoms with Crippen molar-refractivity contribution < 1.29 is 33.6 Å². The van der Waals surface area contributed by atoms with E-state index in [9.17, 15) is 9.90 Å². The third-order valence-electron chi connectivity index (χ3n) is 9.33. The third-order valence-corrected chi connectivity index (χ3v) is 9.33. The van der Waals surface area contributed by atoms with E-state index in [-0.39, 0.29) is 6.61 Å². The zero-order chi connectivity index (χ0) is 34.9. The van der Waals surface area contributed by atoms with Crippen LogP contribution >= 0.6 is 0 Å². The average molecular weight is 689 g/mol. The Bertz CT molecular complexity index is 1240. The molecule has 1 N–H and O–H groups in total. The monoisotopic (exact) mass is 688 g/mol. The molecule has 0 aromatic heterocycles. The Balaban J connectivity index is 1.25. The molecule has 0 radical (unpaired) electrons. The molecule has 1 aliphatic rings. The first-order valence-electron chi connectivity index (χ1n) is 19.1. The van der Waals surface area contributed by atoms with Gasteiger partial charge in [0.1, 0.15) is 30.7 Å². The van der Waals surface area contributed by atoms with Crippen molar-refractivity contribution in [1.29, 1.82) is 0 Å². The van der Waals surface area contributed by atoms with Gasteiger partial charge in [0.25, 0.3) is 0 Å². The number of hydrogen-bond acceptors (Lipinski definition) is 7. The number of aliphatic hydroxyl groups is 1. The lowest BCUT2D eigenvalue weighted by Gasteiger charge is -2.44. The van der Waals surface area contributed by atoms with Crippen LogP contribution in [0, 0.1) is 0 Å². The second-order valence-electron chi connectivity index (χ2n) is 13.5. The highest BCUT2D eigenvalue weighted by Crippen LogP contribution is 2.29. The number of unbranched alkanes of at least 4 members (excludes halogenated alkanes) is 13. The van der Waals surface area contributed by atoms with E-state index in [0.29, 0.717) is 32.8 Å². The minimum Gasteiger partial charge on any atom is -0.385 e. The molecular weight excluding hydrogens is 628 g/mol. The zero-order valence-corrected chi connectivity index (χ0v) is 30.0. The molecule has 1 saturated heterocycles. The summed E-state index contributed by atoms with van der Waals surface area (Å²) in [7, 11) is 0. The van der Waals surface area contributed by atoms with Crippen LogP contribution in [0.5, 0.6) is 0 Å². The highest BCUT2D eigenvalue weighted by atomic mass is 16.7. The maximum absolute atomic E-state index is 11.6. The standard InChI is InChI=1S/C43H60O7/c44-30-22-11-9-7-5-3-1-2-4-6-8-10-12-23-31-47-43-40(45)42(49-34-38-28-20-15-21-29-38)41(48-33-37-26-18-14-19-27-37)39(50-43)35-46-32-36-24-16-13-17-25-36/h13-21,24-30,39-43,45H,1-12,22-23,31-35H2/t39?,40?,41-,42?,43-/m1/s1. The number of carbonyl (C=O) groups excluding carboxylic acids is 1. The Hall–Kier alpha value is -2.91. The fraction of sp³-hybridized carbons (Fsp3) is 0.558. The Labute approximate surface area is 300 Å². The summed E-state index contributed by atoms with van der Waals surface area (Å²) in [5.74, 6) is 0. The van der Waals surface area contributed by atoms with Gasteiger partial charge < -0.3 is 33.6 Å². The van der Waals surface area contributed by atoms with Crippen LogP contribution < -0.4 is 0 Å². The molecule has 3 unspecified atom stereocenters. The molecule has 0 aliphatic carbocycles. The molecule has 0 bridgehead atoms. The van der Waals surface area contributed by atoms with Gasteiger partial charge in [-0.3, -0.25) is 0 Å². The van der Waals surface area contributed by atoms with Crippen molar-refractivity contribution in [3.8, 4) is 0 Å². The summed E-state index contributed by atoms with van der Waals surface area (Å²) >= 11 is 0. The minimum atomic E-state index is -1.03. The van der Waals surface area contributed by atoms with E-state index in [0.717, 1.165) is 42.2 Å². The second kappa shape index (κ2) is 25.1. The van der Waals surface area contributed by atoms with Gasteiger partial charge in [0.2, 0.25) is 0 Å². The van der Waals surface area contributed by atoms with E-state index in [2.05, 4.69) is 0 Å². The number of rotatable bonds is 27. The second-order valence-corrected chi connectivity index (χ2v) is 13.5. The van der Waals surface area contributed by atoms with Gasteiger partial charge in [-0.1, -0.05) is 162 Å². The smallest absolute Gasteiger partial charge is 0.186 e. The summed E-state index contributed by atoms with van der Waals surface area (Å²) in [5.41, 5.74) is 3.13. The molecule has 50 heavy (non-hydrogen) atoms. The van der Waals surface area contributed by atoms with Gasteiger partial charge in [0.15, 0.2) is 6.29 Å².